The van der Waals surface area contributed by atoms with Gasteiger partial charge in [-0.3, -0.25) is 9.48 Å². The molecule has 1 aromatic carbocycles. The molecule has 8 nitrogen and oxygen atoms in total. The van der Waals surface area contributed by atoms with E-state index >= 15 is 0 Å². The van der Waals surface area contributed by atoms with Crippen molar-refractivity contribution >= 4 is 27.8 Å². The van der Waals surface area contributed by atoms with Crippen LogP contribution in [0, 0.1) is 0 Å². The van der Waals surface area contributed by atoms with Crippen molar-refractivity contribution in [1.29, 1.82) is 0 Å². The SMILES string of the molecule is CCNC(=NCc1ncnn1C)NCCC(=O)N(C)Cc1ccccc1Br. The van der Waals surface area contributed by atoms with Crippen molar-refractivity contribution in [2.24, 2.45) is 12.0 Å². The molecule has 0 bridgehead atoms. The molecule has 0 aliphatic carbocycles. The minimum Gasteiger partial charge on any atom is -0.357 e. The second kappa shape index (κ2) is 10.7. The van der Waals surface area contributed by atoms with E-state index in [0.29, 0.717) is 32.0 Å². The number of aromatic nitrogens is 3. The van der Waals surface area contributed by atoms with Crippen LogP contribution in [0.4, 0.5) is 0 Å². The normalized spacial score (nSPS) is 11.3. The van der Waals surface area contributed by atoms with Gasteiger partial charge in [0.1, 0.15) is 18.7 Å². The first kappa shape index (κ1) is 20.9. The fourth-order valence-corrected chi connectivity index (χ4v) is 2.81. The van der Waals surface area contributed by atoms with Gasteiger partial charge in [-0.2, -0.15) is 5.10 Å². The van der Waals surface area contributed by atoms with E-state index in [1.54, 1.807) is 9.58 Å². The van der Waals surface area contributed by atoms with Gasteiger partial charge in [0.25, 0.3) is 0 Å². The molecule has 0 saturated heterocycles. The fourth-order valence-electron chi connectivity index (χ4n) is 2.40. The highest BCUT2D eigenvalue weighted by atomic mass is 79.9. The third kappa shape index (κ3) is 6.67. The topological polar surface area (TPSA) is 87.4 Å². The van der Waals surface area contributed by atoms with Crippen LogP contribution in [-0.4, -0.2) is 51.7 Å². The minimum atomic E-state index is 0.0717. The molecular formula is C18H26BrN7O. The third-order valence-corrected chi connectivity index (χ3v) is 4.72. The zero-order valence-electron chi connectivity index (χ0n) is 15.9. The zero-order chi connectivity index (χ0) is 19.6. The number of halogens is 1. The highest BCUT2D eigenvalue weighted by molar-refractivity contribution is 9.10. The first-order valence-electron chi connectivity index (χ1n) is 8.83. The minimum absolute atomic E-state index is 0.0717. The molecule has 0 radical (unpaired) electrons. The Morgan fingerprint density at radius 3 is 2.78 bits per heavy atom. The van der Waals surface area contributed by atoms with E-state index in [1.807, 2.05) is 45.3 Å². The maximum atomic E-state index is 12.4. The van der Waals surface area contributed by atoms with Gasteiger partial charge in [0, 0.05) is 44.6 Å². The number of carbonyl (C=O) groups excluding carboxylic acids is 1. The fraction of sp³-hybridized carbons (Fsp3) is 0.444. The van der Waals surface area contributed by atoms with Crippen molar-refractivity contribution in [2.75, 3.05) is 20.1 Å². The van der Waals surface area contributed by atoms with Gasteiger partial charge in [0.2, 0.25) is 5.91 Å². The van der Waals surface area contributed by atoms with Gasteiger partial charge < -0.3 is 15.5 Å². The number of guanidine groups is 1. The average molecular weight is 436 g/mol. The van der Waals surface area contributed by atoms with Crippen LogP contribution in [0.2, 0.25) is 0 Å². The number of aliphatic imine (C=N–C) groups is 1. The van der Waals surface area contributed by atoms with Crippen LogP contribution < -0.4 is 10.6 Å². The first-order valence-corrected chi connectivity index (χ1v) is 9.63. The number of aryl methyl sites for hydroxylation is 1. The second-order valence-electron chi connectivity index (χ2n) is 6.01. The predicted molar refractivity (Wildman–Crippen MR) is 109 cm³/mol. The van der Waals surface area contributed by atoms with Gasteiger partial charge in [-0.1, -0.05) is 34.1 Å². The lowest BCUT2D eigenvalue weighted by molar-refractivity contribution is -0.130. The highest BCUT2D eigenvalue weighted by Gasteiger charge is 2.11. The van der Waals surface area contributed by atoms with Crippen molar-refractivity contribution in [3.8, 4) is 0 Å². The molecule has 0 saturated carbocycles. The van der Waals surface area contributed by atoms with E-state index in [-0.39, 0.29) is 5.91 Å². The smallest absolute Gasteiger partial charge is 0.224 e. The van der Waals surface area contributed by atoms with Crippen molar-refractivity contribution in [1.82, 2.24) is 30.3 Å². The van der Waals surface area contributed by atoms with E-state index < -0.39 is 0 Å². The summed E-state index contributed by atoms with van der Waals surface area (Å²) in [5.74, 6) is 1.50. The summed E-state index contributed by atoms with van der Waals surface area (Å²) in [6, 6.07) is 7.91. The second-order valence-corrected chi connectivity index (χ2v) is 6.87. The van der Waals surface area contributed by atoms with Crippen LogP contribution in [0.15, 0.2) is 40.1 Å². The molecule has 1 amide bonds. The van der Waals surface area contributed by atoms with Crippen LogP contribution in [0.5, 0.6) is 0 Å². The van der Waals surface area contributed by atoms with Gasteiger partial charge in [-0.05, 0) is 18.6 Å². The molecule has 0 fully saturated rings. The molecule has 2 rings (SSSR count). The van der Waals surface area contributed by atoms with E-state index in [1.165, 1.54) is 6.33 Å². The van der Waals surface area contributed by atoms with Crippen molar-refractivity contribution < 1.29 is 4.79 Å². The summed E-state index contributed by atoms with van der Waals surface area (Å²) in [4.78, 5) is 22.7. The molecule has 2 aromatic rings. The van der Waals surface area contributed by atoms with Crippen LogP contribution >= 0.6 is 15.9 Å². The number of nitrogens with zero attached hydrogens (tertiary/aromatic N) is 5. The zero-order valence-corrected chi connectivity index (χ0v) is 17.5. The highest BCUT2D eigenvalue weighted by Crippen LogP contribution is 2.17. The summed E-state index contributed by atoms with van der Waals surface area (Å²) < 4.78 is 2.70. The van der Waals surface area contributed by atoms with Crippen molar-refractivity contribution in [2.45, 2.75) is 26.4 Å². The van der Waals surface area contributed by atoms with Crippen molar-refractivity contribution in [3.05, 3.63) is 46.5 Å². The van der Waals surface area contributed by atoms with Crippen molar-refractivity contribution in [3.63, 3.8) is 0 Å². The first-order chi connectivity index (χ1) is 13.0. The lowest BCUT2D eigenvalue weighted by Gasteiger charge is -2.19. The standard InChI is InChI=1S/C18H26BrN7O/c1-4-20-18(22-11-16-23-13-24-26(16)3)21-10-9-17(27)25(2)12-14-7-5-6-8-15(14)19/h5-8,13H,4,9-12H2,1-3H3,(H2,20,21,22). The largest absolute Gasteiger partial charge is 0.357 e. The Bertz CT molecular complexity index is 775. The van der Waals surface area contributed by atoms with E-state index in [9.17, 15) is 4.79 Å². The molecule has 146 valence electrons. The quantitative estimate of drug-likeness (QED) is 0.486. The summed E-state index contributed by atoms with van der Waals surface area (Å²) in [6.45, 7) is 4.22. The summed E-state index contributed by atoms with van der Waals surface area (Å²) in [7, 11) is 3.65. The Kier molecular flexibility index (Phi) is 8.25. The van der Waals surface area contributed by atoms with Crippen LogP contribution in [0.3, 0.4) is 0 Å². The maximum Gasteiger partial charge on any atom is 0.224 e. The van der Waals surface area contributed by atoms with Crippen LogP contribution in [-0.2, 0) is 24.9 Å². The number of amides is 1. The average Bonchev–Trinajstić information content (AvgIpc) is 3.06. The van der Waals surface area contributed by atoms with Gasteiger partial charge in [0.15, 0.2) is 5.96 Å². The summed E-state index contributed by atoms with van der Waals surface area (Å²) in [6.07, 6.45) is 1.89. The lowest BCUT2D eigenvalue weighted by atomic mass is 10.2. The Labute approximate surface area is 168 Å². The molecule has 0 atom stereocenters. The molecule has 0 spiro atoms. The Morgan fingerprint density at radius 1 is 1.33 bits per heavy atom. The molecule has 9 heteroatoms. The molecule has 27 heavy (non-hydrogen) atoms. The number of hydrogen-bond donors (Lipinski definition) is 2. The number of benzene rings is 1. The molecule has 1 heterocycles. The summed E-state index contributed by atoms with van der Waals surface area (Å²) in [5, 5.41) is 10.4. The third-order valence-electron chi connectivity index (χ3n) is 3.95. The molecular weight excluding hydrogens is 410 g/mol. The van der Waals surface area contributed by atoms with Gasteiger partial charge in [-0.15, -0.1) is 0 Å². The monoisotopic (exact) mass is 435 g/mol. The van der Waals surface area contributed by atoms with Gasteiger partial charge >= 0.3 is 0 Å². The van der Waals surface area contributed by atoms with E-state index in [2.05, 4.69) is 41.6 Å². The molecule has 0 unspecified atom stereocenters. The van der Waals surface area contributed by atoms with Gasteiger partial charge in [-0.25, -0.2) is 9.98 Å². The Balaban J connectivity index is 1.82. The number of carbonyl (C=O) groups is 1. The number of nitrogens with one attached hydrogen (secondary N) is 2. The molecule has 0 aliphatic rings. The van der Waals surface area contributed by atoms with Crippen LogP contribution in [0.1, 0.15) is 24.7 Å². The number of rotatable bonds is 8. The van der Waals surface area contributed by atoms with Crippen LogP contribution in [0.25, 0.3) is 0 Å². The summed E-state index contributed by atoms with van der Waals surface area (Å²) in [5.41, 5.74) is 1.08. The van der Waals surface area contributed by atoms with E-state index in [0.717, 1.165) is 22.4 Å². The van der Waals surface area contributed by atoms with Gasteiger partial charge in [0.05, 0.1) is 0 Å². The molecule has 0 aliphatic heterocycles. The molecule has 2 N–H and O–H groups in total. The Morgan fingerprint density at radius 2 is 2.11 bits per heavy atom. The Hall–Kier alpha value is -2.42. The molecule has 1 aromatic heterocycles. The maximum absolute atomic E-state index is 12.4. The number of hydrogen-bond acceptors (Lipinski definition) is 4. The predicted octanol–water partition coefficient (Wildman–Crippen LogP) is 1.68. The summed E-state index contributed by atoms with van der Waals surface area (Å²) >= 11 is 3.52. The lowest BCUT2D eigenvalue weighted by Crippen LogP contribution is -2.39. The van der Waals surface area contributed by atoms with E-state index in [4.69, 9.17) is 0 Å².